The first-order valence-corrected chi connectivity index (χ1v) is 11.0. The van der Waals surface area contributed by atoms with E-state index in [-0.39, 0.29) is 17.9 Å². The predicted octanol–water partition coefficient (Wildman–Crippen LogP) is 2.92. The van der Waals surface area contributed by atoms with E-state index in [1.54, 1.807) is 4.90 Å². The van der Waals surface area contributed by atoms with Crippen LogP contribution in [-0.2, 0) is 17.8 Å². The van der Waals surface area contributed by atoms with Gasteiger partial charge in [-0.25, -0.2) is 0 Å². The zero-order valence-corrected chi connectivity index (χ0v) is 16.9. The molecule has 2 aliphatic rings. The Labute approximate surface area is 170 Å². The number of amides is 2. The van der Waals surface area contributed by atoms with Crippen LogP contribution in [0.15, 0.2) is 41.8 Å². The molecule has 0 aliphatic carbocycles. The molecule has 148 valence electrons. The number of carbonyl (C=O) groups is 2. The molecule has 4 rings (SSSR count). The minimum Gasteiger partial charge on any atom is -0.353 e. The van der Waals surface area contributed by atoms with Crippen molar-refractivity contribution in [2.75, 3.05) is 26.2 Å². The molecule has 1 fully saturated rings. The summed E-state index contributed by atoms with van der Waals surface area (Å²) in [6.45, 7) is 4.10. The van der Waals surface area contributed by atoms with Gasteiger partial charge in [-0.15, -0.1) is 11.3 Å². The largest absolute Gasteiger partial charge is 0.353 e. The Morgan fingerprint density at radius 1 is 1.07 bits per heavy atom. The van der Waals surface area contributed by atoms with Gasteiger partial charge in [0.15, 0.2) is 0 Å². The van der Waals surface area contributed by atoms with Gasteiger partial charge in [-0.05, 0) is 48.3 Å². The highest BCUT2D eigenvalue weighted by Gasteiger charge is 2.32. The lowest BCUT2D eigenvalue weighted by Gasteiger charge is -2.35. The van der Waals surface area contributed by atoms with E-state index < -0.39 is 0 Å². The van der Waals surface area contributed by atoms with Crippen LogP contribution >= 0.6 is 11.3 Å². The third kappa shape index (κ3) is 4.28. The van der Waals surface area contributed by atoms with Crippen molar-refractivity contribution in [2.24, 2.45) is 0 Å². The first-order valence-electron chi connectivity index (χ1n) is 10.1. The lowest BCUT2D eigenvalue weighted by atomic mass is 10.00. The summed E-state index contributed by atoms with van der Waals surface area (Å²) in [6, 6.07) is 12.0. The molecule has 1 saturated heterocycles. The summed E-state index contributed by atoms with van der Waals surface area (Å²) in [7, 11) is 0. The lowest BCUT2D eigenvalue weighted by Crippen LogP contribution is -2.52. The smallest absolute Gasteiger partial charge is 0.264 e. The van der Waals surface area contributed by atoms with Gasteiger partial charge in [-0.2, -0.15) is 0 Å². The van der Waals surface area contributed by atoms with Gasteiger partial charge in [0.1, 0.15) is 6.04 Å². The van der Waals surface area contributed by atoms with Gasteiger partial charge in [-0.3, -0.25) is 14.5 Å². The molecule has 0 saturated carbocycles. The van der Waals surface area contributed by atoms with Crippen LogP contribution in [0.4, 0.5) is 0 Å². The molecule has 1 unspecified atom stereocenters. The predicted molar refractivity (Wildman–Crippen MR) is 111 cm³/mol. The zero-order chi connectivity index (χ0) is 19.3. The number of carbonyl (C=O) groups excluding carboxylic acids is 2. The quantitative estimate of drug-likeness (QED) is 0.844. The average Bonchev–Trinajstić information content (AvgIpc) is 3.28. The molecule has 2 aliphatic heterocycles. The van der Waals surface area contributed by atoms with Crippen LogP contribution in [0.2, 0.25) is 0 Å². The number of hydrogen-bond acceptors (Lipinski definition) is 4. The summed E-state index contributed by atoms with van der Waals surface area (Å²) in [6.07, 6.45) is 3.78. The standard InChI is InChI=1S/C22H27N3O2S/c26-21(19-8-3-4-12-25(19)22(27)20-9-5-15-28-20)23-11-14-24-13-10-17-6-1-2-7-18(17)16-24/h1-2,5-7,9,15,19H,3-4,8,10-14,16H2,(H,23,26). The van der Waals surface area contributed by atoms with E-state index in [4.69, 9.17) is 0 Å². The molecule has 5 nitrogen and oxygen atoms in total. The van der Waals surface area contributed by atoms with Crippen LogP contribution in [-0.4, -0.2) is 53.8 Å². The van der Waals surface area contributed by atoms with Gasteiger partial charge < -0.3 is 10.2 Å². The number of benzene rings is 1. The molecule has 1 aromatic carbocycles. The van der Waals surface area contributed by atoms with Crippen LogP contribution < -0.4 is 5.32 Å². The highest BCUT2D eigenvalue weighted by atomic mass is 32.1. The van der Waals surface area contributed by atoms with Crippen LogP contribution in [0.25, 0.3) is 0 Å². The summed E-state index contributed by atoms with van der Waals surface area (Å²) in [4.78, 5) is 30.4. The second-order valence-electron chi connectivity index (χ2n) is 7.57. The second-order valence-corrected chi connectivity index (χ2v) is 8.52. The van der Waals surface area contributed by atoms with Crippen molar-refractivity contribution in [3.8, 4) is 0 Å². The van der Waals surface area contributed by atoms with Gasteiger partial charge in [0.05, 0.1) is 4.88 Å². The molecule has 1 N–H and O–H groups in total. The highest BCUT2D eigenvalue weighted by molar-refractivity contribution is 7.12. The SMILES string of the molecule is O=C(NCCN1CCc2ccccc2C1)C1CCCCN1C(=O)c1cccs1. The van der Waals surface area contributed by atoms with Gasteiger partial charge in [0, 0.05) is 32.7 Å². The fourth-order valence-corrected chi connectivity index (χ4v) is 4.87. The minimum atomic E-state index is -0.342. The second kappa shape index (κ2) is 8.88. The van der Waals surface area contributed by atoms with Crippen LogP contribution in [0.1, 0.15) is 40.1 Å². The minimum absolute atomic E-state index is 0.0116. The molecule has 1 aromatic heterocycles. The Hall–Kier alpha value is -2.18. The molecule has 1 atom stereocenters. The fourth-order valence-electron chi connectivity index (χ4n) is 4.19. The zero-order valence-electron chi connectivity index (χ0n) is 16.1. The van der Waals surface area contributed by atoms with Gasteiger partial charge in [0.2, 0.25) is 5.91 Å². The number of fused-ring (bicyclic) bond motifs is 1. The molecule has 2 amide bonds. The number of hydrogen-bond donors (Lipinski definition) is 1. The third-order valence-electron chi connectivity index (χ3n) is 5.74. The molecular formula is C22H27N3O2S. The maximum Gasteiger partial charge on any atom is 0.264 e. The van der Waals surface area contributed by atoms with Gasteiger partial charge in [0.25, 0.3) is 5.91 Å². The van der Waals surface area contributed by atoms with Crippen molar-refractivity contribution < 1.29 is 9.59 Å². The van der Waals surface area contributed by atoms with E-state index in [2.05, 4.69) is 34.5 Å². The lowest BCUT2D eigenvalue weighted by molar-refractivity contribution is -0.126. The first kappa shape index (κ1) is 19.2. The Morgan fingerprint density at radius 3 is 2.75 bits per heavy atom. The van der Waals surface area contributed by atoms with Crippen LogP contribution in [0, 0.1) is 0 Å². The average molecular weight is 398 g/mol. The van der Waals surface area contributed by atoms with Crippen molar-refractivity contribution in [2.45, 2.75) is 38.3 Å². The summed E-state index contributed by atoms with van der Waals surface area (Å²) >= 11 is 1.44. The third-order valence-corrected chi connectivity index (χ3v) is 6.59. The topological polar surface area (TPSA) is 52.7 Å². The molecule has 0 radical (unpaired) electrons. The van der Waals surface area contributed by atoms with Crippen molar-refractivity contribution in [1.82, 2.24) is 15.1 Å². The Kier molecular flexibility index (Phi) is 6.07. The number of likely N-dealkylation sites (tertiary alicyclic amines) is 1. The number of rotatable bonds is 5. The Balaban J connectivity index is 1.30. The first-order chi connectivity index (χ1) is 13.7. The van der Waals surface area contributed by atoms with Gasteiger partial charge >= 0.3 is 0 Å². The highest BCUT2D eigenvalue weighted by Crippen LogP contribution is 2.22. The van der Waals surface area contributed by atoms with Crippen molar-refractivity contribution in [1.29, 1.82) is 0 Å². The summed E-state index contributed by atoms with van der Waals surface area (Å²) in [5, 5.41) is 4.99. The van der Waals surface area contributed by atoms with Crippen molar-refractivity contribution >= 4 is 23.2 Å². The molecule has 6 heteroatoms. The maximum atomic E-state index is 12.8. The normalized spacial score (nSPS) is 19.9. The molecule has 0 bridgehead atoms. The van der Waals surface area contributed by atoms with E-state index in [9.17, 15) is 9.59 Å². The number of piperidine rings is 1. The molecule has 0 spiro atoms. The van der Waals surface area contributed by atoms with Crippen molar-refractivity contribution in [3.63, 3.8) is 0 Å². The van der Waals surface area contributed by atoms with Crippen LogP contribution in [0.5, 0.6) is 0 Å². The maximum absolute atomic E-state index is 12.8. The number of nitrogens with zero attached hydrogens (tertiary/aromatic N) is 2. The number of thiophene rings is 1. The molecular weight excluding hydrogens is 370 g/mol. The monoisotopic (exact) mass is 397 g/mol. The summed E-state index contributed by atoms with van der Waals surface area (Å²) in [5.41, 5.74) is 2.83. The fraction of sp³-hybridized carbons (Fsp3) is 0.455. The molecule has 3 heterocycles. The Morgan fingerprint density at radius 2 is 1.93 bits per heavy atom. The number of nitrogens with one attached hydrogen (secondary N) is 1. The van der Waals surface area contributed by atoms with Gasteiger partial charge in [-0.1, -0.05) is 30.3 Å². The van der Waals surface area contributed by atoms with E-state index in [0.29, 0.717) is 18.0 Å². The summed E-state index contributed by atoms with van der Waals surface area (Å²) in [5.74, 6) is -0.0236. The van der Waals surface area contributed by atoms with E-state index >= 15 is 0 Å². The van der Waals surface area contributed by atoms with Crippen molar-refractivity contribution in [3.05, 3.63) is 57.8 Å². The van der Waals surface area contributed by atoms with E-state index in [1.165, 1.54) is 22.5 Å². The van der Waals surface area contributed by atoms with E-state index in [0.717, 1.165) is 45.3 Å². The van der Waals surface area contributed by atoms with E-state index in [1.807, 2.05) is 17.5 Å². The molecule has 2 aromatic rings. The molecule has 28 heavy (non-hydrogen) atoms. The van der Waals surface area contributed by atoms with Crippen LogP contribution in [0.3, 0.4) is 0 Å². The Bertz CT molecular complexity index is 821. The summed E-state index contributed by atoms with van der Waals surface area (Å²) < 4.78 is 0.